The molecule has 0 bridgehead atoms. The zero-order valence-corrected chi connectivity index (χ0v) is 16.0. The Balaban J connectivity index is 1.64. The molecule has 1 saturated heterocycles. The van der Waals surface area contributed by atoms with Gasteiger partial charge in [0.2, 0.25) is 0 Å². The molecular formula is C17H18ClNOS3. The Morgan fingerprint density at radius 2 is 1.87 bits per heavy atom. The number of amides is 1. The summed E-state index contributed by atoms with van der Waals surface area (Å²) in [6.07, 6.45) is 1.29. The van der Waals surface area contributed by atoms with Gasteiger partial charge in [-0.05, 0) is 47.8 Å². The van der Waals surface area contributed by atoms with Crippen molar-refractivity contribution in [2.45, 2.75) is 17.5 Å². The predicted octanol–water partition coefficient (Wildman–Crippen LogP) is 5.54. The van der Waals surface area contributed by atoms with E-state index in [-0.39, 0.29) is 5.91 Å². The highest BCUT2D eigenvalue weighted by Crippen LogP contribution is 2.43. The summed E-state index contributed by atoms with van der Waals surface area (Å²) in [7, 11) is 1.83. The normalized spacial score (nSPS) is 15.6. The standard InChI is InChI=1S/C17H18ClNOS3/c1-19(11-14-7-8-15(18)23-14)16(20)12-3-5-13(6-4-12)17-21-9-2-10-22-17/h3-8,17H,2,9-11H2,1H3. The molecule has 0 radical (unpaired) electrons. The Morgan fingerprint density at radius 3 is 2.48 bits per heavy atom. The van der Waals surface area contributed by atoms with Gasteiger partial charge in [0.05, 0.1) is 15.5 Å². The fourth-order valence-corrected chi connectivity index (χ4v) is 6.46. The largest absolute Gasteiger partial charge is 0.337 e. The lowest BCUT2D eigenvalue weighted by Gasteiger charge is -2.21. The molecule has 1 amide bonds. The molecule has 3 rings (SSSR count). The van der Waals surface area contributed by atoms with Crippen molar-refractivity contribution in [2.75, 3.05) is 18.6 Å². The molecular weight excluding hydrogens is 366 g/mol. The molecule has 1 aliphatic rings. The summed E-state index contributed by atoms with van der Waals surface area (Å²) in [6, 6.07) is 11.9. The summed E-state index contributed by atoms with van der Waals surface area (Å²) in [5.74, 6) is 2.50. The van der Waals surface area contributed by atoms with E-state index < -0.39 is 0 Å². The van der Waals surface area contributed by atoms with Crippen molar-refractivity contribution >= 4 is 52.4 Å². The van der Waals surface area contributed by atoms with Gasteiger partial charge in [-0.2, -0.15) is 0 Å². The van der Waals surface area contributed by atoms with Crippen LogP contribution in [0.15, 0.2) is 36.4 Å². The summed E-state index contributed by atoms with van der Waals surface area (Å²) in [4.78, 5) is 15.4. The van der Waals surface area contributed by atoms with Crippen LogP contribution in [0.1, 0.15) is 31.8 Å². The lowest BCUT2D eigenvalue weighted by atomic mass is 10.1. The maximum Gasteiger partial charge on any atom is 0.253 e. The highest BCUT2D eigenvalue weighted by atomic mass is 35.5. The second-order valence-electron chi connectivity index (χ2n) is 5.42. The van der Waals surface area contributed by atoms with Crippen molar-refractivity contribution in [2.24, 2.45) is 0 Å². The van der Waals surface area contributed by atoms with Crippen LogP contribution in [0.2, 0.25) is 4.34 Å². The SMILES string of the molecule is CN(Cc1ccc(Cl)s1)C(=O)c1ccc(C2SCCCS2)cc1. The van der Waals surface area contributed by atoms with E-state index in [4.69, 9.17) is 11.6 Å². The van der Waals surface area contributed by atoms with E-state index in [0.29, 0.717) is 11.1 Å². The van der Waals surface area contributed by atoms with Crippen molar-refractivity contribution < 1.29 is 4.79 Å². The monoisotopic (exact) mass is 383 g/mol. The van der Waals surface area contributed by atoms with Crippen LogP contribution >= 0.6 is 46.5 Å². The molecule has 0 N–H and O–H groups in total. The van der Waals surface area contributed by atoms with Crippen molar-refractivity contribution in [3.8, 4) is 0 Å². The third kappa shape index (κ3) is 4.47. The van der Waals surface area contributed by atoms with Gasteiger partial charge in [0, 0.05) is 17.5 Å². The molecule has 1 aliphatic heterocycles. The molecule has 0 saturated carbocycles. The van der Waals surface area contributed by atoms with Gasteiger partial charge in [0.1, 0.15) is 0 Å². The number of carbonyl (C=O) groups excluding carboxylic acids is 1. The fourth-order valence-electron chi connectivity index (χ4n) is 2.43. The van der Waals surface area contributed by atoms with E-state index in [1.807, 2.05) is 54.8 Å². The van der Waals surface area contributed by atoms with Gasteiger partial charge >= 0.3 is 0 Å². The summed E-state index contributed by atoms with van der Waals surface area (Å²) in [5.41, 5.74) is 2.05. The zero-order chi connectivity index (χ0) is 16.2. The lowest BCUT2D eigenvalue weighted by molar-refractivity contribution is 0.0786. The first-order chi connectivity index (χ1) is 11.1. The number of nitrogens with zero attached hydrogens (tertiary/aromatic N) is 1. The van der Waals surface area contributed by atoms with E-state index in [1.54, 1.807) is 4.90 Å². The highest BCUT2D eigenvalue weighted by Gasteiger charge is 2.18. The van der Waals surface area contributed by atoms with E-state index >= 15 is 0 Å². The Hall–Kier alpha value is -0.620. The number of hydrogen-bond acceptors (Lipinski definition) is 4. The van der Waals surface area contributed by atoms with Crippen LogP contribution in [0, 0.1) is 0 Å². The number of hydrogen-bond donors (Lipinski definition) is 0. The molecule has 6 heteroatoms. The van der Waals surface area contributed by atoms with Crippen molar-refractivity contribution in [3.63, 3.8) is 0 Å². The Bertz CT molecular complexity index is 665. The molecule has 1 aromatic carbocycles. The van der Waals surface area contributed by atoms with E-state index in [9.17, 15) is 4.79 Å². The lowest BCUT2D eigenvalue weighted by Crippen LogP contribution is -2.25. The Kier molecular flexibility index (Phi) is 5.96. The predicted molar refractivity (Wildman–Crippen MR) is 104 cm³/mol. The van der Waals surface area contributed by atoms with Gasteiger partial charge < -0.3 is 4.90 Å². The molecule has 122 valence electrons. The third-order valence-electron chi connectivity index (χ3n) is 3.63. The van der Waals surface area contributed by atoms with Crippen LogP contribution in [-0.4, -0.2) is 29.4 Å². The summed E-state index contributed by atoms with van der Waals surface area (Å²) < 4.78 is 1.27. The average molecular weight is 384 g/mol. The van der Waals surface area contributed by atoms with Crippen molar-refractivity contribution in [1.29, 1.82) is 0 Å². The quantitative estimate of drug-likeness (QED) is 0.691. The van der Waals surface area contributed by atoms with E-state index in [0.717, 1.165) is 14.8 Å². The van der Waals surface area contributed by atoms with Gasteiger partial charge in [-0.1, -0.05) is 23.7 Å². The Labute approximate surface area is 154 Å². The van der Waals surface area contributed by atoms with Crippen LogP contribution in [-0.2, 0) is 6.54 Å². The summed E-state index contributed by atoms with van der Waals surface area (Å²) >= 11 is 11.5. The molecule has 23 heavy (non-hydrogen) atoms. The zero-order valence-electron chi connectivity index (χ0n) is 12.8. The summed E-state index contributed by atoms with van der Waals surface area (Å²) in [5, 5.41) is 0. The van der Waals surface area contributed by atoms with E-state index in [2.05, 4.69) is 12.1 Å². The van der Waals surface area contributed by atoms with Gasteiger partial charge in [-0.15, -0.1) is 34.9 Å². The minimum atomic E-state index is 0.0463. The molecule has 0 aliphatic carbocycles. The minimum absolute atomic E-state index is 0.0463. The highest BCUT2D eigenvalue weighted by molar-refractivity contribution is 8.16. The second kappa shape index (κ2) is 7.97. The molecule has 2 heterocycles. The molecule has 2 nitrogen and oxygen atoms in total. The second-order valence-corrected chi connectivity index (χ2v) is 9.94. The molecule has 1 aromatic heterocycles. The number of benzene rings is 1. The van der Waals surface area contributed by atoms with E-state index in [1.165, 1.54) is 34.8 Å². The maximum atomic E-state index is 12.5. The van der Waals surface area contributed by atoms with Gasteiger partial charge in [-0.25, -0.2) is 0 Å². The number of carbonyl (C=O) groups is 1. The van der Waals surface area contributed by atoms with Gasteiger partial charge in [0.15, 0.2) is 0 Å². The molecule has 1 fully saturated rings. The van der Waals surface area contributed by atoms with Crippen molar-refractivity contribution in [1.82, 2.24) is 4.90 Å². The molecule has 0 atom stereocenters. The topological polar surface area (TPSA) is 20.3 Å². The number of halogens is 1. The number of thiophene rings is 1. The molecule has 0 spiro atoms. The Morgan fingerprint density at radius 1 is 1.17 bits per heavy atom. The first-order valence-corrected chi connectivity index (χ1v) is 10.8. The van der Waals surface area contributed by atoms with Crippen LogP contribution < -0.4 is 0 Å². The third-order valence-corrected chi connectivity index (χ3v) is 7.86. The summed E-state index contributed by atoms with van der Waals surface area (Å²) in [6.45, 7) is 0.590. The minimum Gasteiger partial charge on any atom is -0.337 e. The smallest absolute Gasteiger partial charge is 0.253 e. The number of rotatable bonds is 4. The first-order valence-electron chi connectivity index (χ1n) is 7.46. The van der Waals surface area contributed by atoms with Crippen molar-refractivity contribution in [3.05, 3.63) is 56.7 Å². The average Bonchev–Trinajstić information content (AvgIpc) is 3.00. The van der Waals surface area contributed by atoms with Crippen LogP contribution in [0.5, 0.6) is 0 Å². The molecule has 0 unspecified atom stereocenters. The fraction of sp³-hybridized carbons (Fsp3) is 0.353. The van der Waals surface area contributed by atoms with Crippen LogP contribution in [0.4, 0.5) is 0 Å². The van der Waals surface area contributed by atoms with Gasteiger partial charge in [-0.3, -0.25) is 4.79 Å². The van der Waals surface area contributed by atoms with Crippen LogP contribution in [0.3, 0.4) is 0 Å². The first kappa shape index (κ1) is 17.2. The molecule has 2 aromatic rings. The number of thioether (sulfide) groups is 2. The maximum absolute atomic E-state index is 12.5. The van der Waals surface area contributed by atoms with Gasteiger partial charge in [0.25, 0.3) is 5.91 Å². The van der Waals surface area contributed by atoms with Crippen LogP contribution in [0.25, 0.3) is 0 Å².